The molecule has 7 nitrogen and oxygen atoms in total. The molecule has 148 valence electrons. The predicted molar refractivity (Wildman–Crippen MR) is 110 cm³/mol. The third kappa shape index (κ3) is 4.63. The fraction of sp³-hybridized carbons (Fsp3) is 0.263. The normalized spacial score (nSPS) is 15.6. The van der Waals surface area contributed by atoms with E-state index in [4.69, 9.17) is 16.3 Å². The number of amides is 1. The summed E-state index contributed by atoms with van der Waals surface area (Å²) < 4.78 is 33.5. The second-order valence-electron chi connectivity index (χ2n) is 6.55. The molecule has 1 heterocycles. The van der Waals surface area contributed by atoms with Crippen LogP contribution < -0.4 is 15.4 Å². The SMILES string of the molecule is COc1ccc(NC(=O)C[C@H](C)CC2=NS(=O)(=O)c3ccccc3N2)cc1Cl. The topological polar surface area (TPSA) is 96.9 Å². The molecule has 2 aromatic carbocycles. The van der Waals surface area contributed by atoms with Crippen molar-refractivity contribution in [1.82, 2.24) is 0 Å². The van der Waals surface area contributed by atoms with Crippen LogP contribution in [0.1, 0.15) is 19.8 Å². The Morgan fingerprint density at radius 2 is 2.04 bits per heavy atom. The molecule has 1 atom stereocenters. The Kier molecular flexibility index (Phi) is 5.90. The largest absolute Gasteiger partial charge is 0.495 e. The van der Waals surface area contributed by atoms with Crippen molar-refractivity contribution in [3.8, 4) is 5.75 Å². The lowest BCUT2D eigenvalue weighted by Crippen LogP contribution is -2.25. The molecule has 0 radical (unpaired) electrons. The fourth-order valence-electron chi connectivity index (χ4n) is 2.93. The molecule has 2 aromatic rings. The molecule has 3 rings (SSSR count). The first-order chi connectivity index (χ1) is 13.3. The summed E-state index contributed by atoms with van der Waals surface area (Å²) in [6, 6.07) is 11.6. The number of nitrogens with one attached hydrogen (secondary N) is 2. The lowest BCUT2D eigenvalue weighted by Gasteiger charge is -2.20. The maximum atomic E-state index is 12.3. The third-order valence-corrected chi connectivity index (χ3v) is 5.85. The van der Waals surface area contributed by atoms with Crippen LogP contribution in [0, 0.1) is 5.92 Å². The number of benzene rings is 2. The van der Waals surface area contributed by atoms with Crippen LogP contribution in [0.25, 0.3) is 0 Å². The number of fused-ring (bicyclic) bond motifs is 1. The summed E-state index contributed by atoms with van der Waals surface area (Å²) in [6.45, 7) is 1.86. The monoisotopic (exact) mass is 421 g/mol. The maximum absolute atomic E-state index is 12.3. The molecule has 0 aliphatic carbocycles. The lowest BCUT2D eigenvalue weighted by atomic mass is 10.0. The Bertz CT molecular complexity index is 1040. The summed E-state index contributed by atoms with van der Waals surface area (Å²) >= 11 is 6.06. The van der Waals surface area contributed by atoms with Crippen molar-refractivity contribution in [3.63, 3.8) is 0 Å². The summed E-state index contributed by atoms with van der Waals surface area (Å²) in [5, 5.41) is 6.21. The van der Waals surface area contributed by atoms with Crippen molar-refractivity contribution < 1.29 is 17.9 Å². The highest BCUT2D eigenvalue weighted by Crippen LogP contribution is 2.29. The number of sulfonamides is 1. The van der Waals surface area contributed by atoms with Gasteiger partial charge in [0.1, 0.15) is 16.5 Å². The average Bonchev–Trinajstić information content (AvgIpc) is 2.61. The Morgan fingerprint density at radius 1 is 1.29 bits per heavy atom. The molecular formula is C19H20ClN3O4S. The first kappa shape index (κ1) is 20.2. The van der Waals surface area contributed by atoms with Crippen molar-refractivity contribution in [1.29, 1.82) is 0 Å². The van der Waals surface area contributed by atoms with E-state index >= 15 is 0 Å². The van der Waals surface area contributed by atoms with E-state index in [0.29, 0.717) is 34.4 Å². The van der Waals surface area contributed by atoms with Gasteiger partial charge in [0.25, 0.3) is 10.0 Å². The number of amidine groups is 1. The van der Waals surface area contributed by atoms with Gasteiger partial charge in [0.2, 0.25) is 5.91 Å². The van der Waals surface area contributed by atoms with Crippen LogP contribution in [0.5, 0.6) is 5.75 Å². The molecule has 2 N–H and O–H groups in total. The Balaban J connectivity index is 1.61. The molecular weight excluding hydrogens is 402 g/mol. The van der Waals surface area contributed by atoms with Crippen molar-refractivity contribution in [3.05, 3.63) is 47.5 Å². The van der Waals surface area contributed by atoms with E-state index < -0.39 is 10.0 Å². The van der Waals surface area contributed by atoms with E-state index in [1.807, 2.05) is 6.92 Å². The molecule has 28 heavy (non-hydrogen) atoms. The minimum absolute atomic E-state index is 0.125. The number of ether oxygens (including phenoxy) is 1. The first-order valence-electron chi connectivity index (χ1n) is 8.62. The van der Waals surface area contributed by atoms with Crippen LogP contribution in [0.3, 0.4) is 0 Å². The minimum Gasteiger partial charge on any atom is -0.495 e. The zero-order valence-electron chi connectivity index (χ0n) is 15.4. The van der Waals surface area contributed by atoms with Gasteiger partial charge in [-0.2, -0.15) is 8.42 Å². The van der Waals surface area contributed by atoms with Crippen molar-refractivity contribution >= 4 is 44.7 Å². The molecule has 1 aliphatic rings. The Hall–Kier alpha value is -2.58. The zero-order valence-corrected chi connectivity index (χ0v) is 17.0. The number of rotatable bonds is 6. The summed E-state index contributed by atoms with van der Waals surface area (Å²) in [5.74, 6) is 0.524. The van der Waals surface area contributed by atoms with Crippen LogP contribution in [0.15, 0.2) is 51.8 Å². The number of halogens is 1. The zero-order chi connectivity index (χ0) is 20.3. The van der Waals surface area contributed by atoms with Crippen molar-refractivity contribution in [2.24, 2.45) is 10.3 Å². The van der Waals surface area contributed by atoms with Crippen LogP contribution in [-0.2, 0) is 14.8 Å². The van der Waals surface area contributed by atoms with Crippen molar-refractivity contribution in [2.45, 2.75) is 24.7 Å². The van der Waals surface area contributed by atoms with Gasteiger partial charge in [0.15, 0.2) is 0 Å². The number of methoxy groups -OCH3 is 1. The number of carbonyl (C=O) groups excluding carboxylic acids is 1. The number of para-hydroxylation sites is 1. The van der Waals surface area contributed by atoms with E-state index in [1.54, 1.807) is 36.4 Å². The van der Waals surface area contributed by atoms with E-state index in [0.717, 1.165) is 0 Å². The molecule has 1 amide bonds. The summed E-state index contributed by atoms with van der Waals surface area (Å²) in [4.78, 5) is 12.4. The molecule has 0 fully saturated rings. The summed E-state index contributed by atoms with van der Waals surface area (Å²) in [7, 11) is -2.21. The van der Waals surface area contributed by atoms with Gasteiger partial charge in [-0.25, -0.2) is 0 Å². The quantitative estimate of drug-likeness (QED) is 0.736. The van der Waals surface area contributed by atoms with Gasteiger partial charge in [-0.05, 0) is 36.2 Å². The molecule has 9 heteroatoms. The van der Waals surface area contributed by atoms with Gasteiger partial charge in [-0.3, -0.25) is 4.79 Å². The van der Waals surface area contributed by atoms with Gasteiger partial charge in [-0.15, -0.1) is 4.40 Å². The minimum atomic E-state index is -3.73. The summed E-state index contributed by atoms with van der Waals surface area (Å²) in [5.41, 5.74) is 1.06. The van der Waals surface area contributed by atoms with E-state index in [9.17, 15) is 13.2 Å². The van der Waals surface area contributed by atoms with Crippen LogP contribution in [0.2, 0.25) is 5.02 Å². The van der Waals surface area contributed by atoms with E-state index in [2.05, 4.69) is 15.0 Å². The number of carbonyl (C=O) groups is 1. The molecule has 0 unspecified atom stereocenters. The molecule has 0 saturated carbocycles. The van der Waals surface area contributed by atoms with Crippen LogP contribution >= 0.6 is 11.6 Å². The highest BCUT2D eigenvalue weighted by Gasteiger charge is 2.25. The van der Waals surface area contributed by atoms with E-state index in [-0.39, 0.29) is 23.1 Å². The van der Waals surface area contributed by atoms with Crippen LogP contribution in [0.4, 0.5) is 11.4 Å². The molecule has 1 aliphatic heterocycles. The van der Waals surface area contributed by atoms with Gasteiger partial charge in [0, 0.05) is 18.5 Å². The smallest absolute Gasteiger partial charge is 0.286 e. The second-order valence-corrected chi connectivity index (χ2v) is 8.52. The van der Waals surface area contributed by atoms with Gasteiger partial charge >= 0.3 is 0 Å². The van der Waals surface area contributed by atoms with Crippen molar-refractivity contribution in [2.75, 3.05) is 17.7 Å². The second kappa shape index (κ2) is 8.20. The highest BCUT2D eigenvalue weighted by molar-refractivity contribution is 7.90. The Morgan fingerprint density at radius 3 is 2.75 bits per heavy atom. The van der Waals surface area contributed by atoms with Crippen LogP contribution in [-0.4, -0.2) is 27.3 Å². The van der Waals surface area contributed by atoms with E-state index in [1.165, 1.54) is 13.2 Å². The Labute approximate surface area is 168 Å². The molecule has 0 bridgehead atoms. The number of anilines is 2. The first-order valence-corrected chi connectivity index (χ1v) is 10.4. The molecule has 0 spiro atoms. The summed E-state index contributed by atoms with van der Waals surface area (Å²) in [6.07, 6.45) is 0.524. The standard InChI is InChI=1S/C19H20ClN3O4S/c1-12(10-19(24)21-13-7-8-16(27-2)14(20)11-13)9-18-22-15-5-3-4-6-17(15)28(25,26)23-18/h3-8,11-12H,9-10H2,1-2H3,(H,21,24)(H,22,23)/t12-/m1/s1. The average molecular weight is 422 g/mol. The molecule has 0 saturated heterocycles. The van der Waals surface area contributed by atoms with Gasteiger partial charge in [-0.1, -0.05) is 30.7 Å². The third-order valence-electron chi connectivity index (χ3n) is 4.19. The number of hydrogen-bond donors (Lipinski definition) is 2. The van der Waals surface area contributed by atoms with Gasteiger partial charge < -0.3 is 15.4 Å². The lowest BCUT2D eigenvalue weighted by molar-refractivity contribution is -0.116. The number of hydrogen-bond acceptors (Lipinski definition) is 5. The fourth-order valence-corrected chi connectivity index (χ4v) is 4.34. The highest BCUT2D eigenvalue weighted by atomic mass is 35.5. The number of nitrogens with zero attached hydrogens (tertiary/aromatic N) is 1. The predicted octanol–water partition coefficient (Wildman–Crippen LogP) is 3.92. The molecule has 0 aromatic heterocycles. The van der Waals surface area contributed by atoms with Gasteiger partial charge in [0.05, 0.1) is 17.8 Å². The maximum Gasteiger partial charge on any atom is 0.286 e.